The maximum Gasteiger partial charge on any atom is 0.0976 e. The molecule has 1 saturated heterocycles. The summed E-state index contributed by atoms with van der Waals surface area (Å²) in [6, 6.07) is 0. The molecule has 66 valence electrons. The van der Waals surface area contributed by atoms with E-state index in [0.717, 1.165) is 13.1 Å². The summed E-state index contributed by atoms with van der Waals surface area (Å²) < 4.78 is 10.9. The fourth-order valence-corrected chi connectivity index (χ4v) is 1.35. The third kappa shape index (κ3) is 2.43. The topological polar surface area (TPSA) is 30.5 Å². The summed E-state index contributed by atoms with van der Waals surface area (Å²) in [5, 5.41) is 3.23. The monoisotopic (exact) mass is 159 g/mol. The van der Waals surface area contributed by atoms with E-state index in [-0.39, 0.29) is 18.3 Å². The van der Waals surface area contributed by atoms with Crippen LogP contribution in [0.4, 0.5) is 0 Å². The highest BCUT2D eigenvalue weighted by atomic mass is 16.5. The lowest BCUT2D eigenvalue weighted by Crippen LogP contribution is -2.31. The number of rotatable bonds is 3. The number of hydrogen-bond donors (Lipinski definition) is 1. The largest absolute Gasteiger partial charge is 0.377 e. The molecule has 0 aliphatic carbocycles. The Kier molecular flexibility index (Phi) is 3.30. The molecule has 2 atom stereocenters. The summed E-state index contributed by atoms with van der Waals surface area (Å²) in [6.07, 6.45) is 0.759. The molecule has 0 bridgehead atoms. The van der Waals surface area contributed by atoms with Crippen LogP contribution in [0.2, 0.25) is 0 Å². The molecule has 0 aromatic carbocycles. The molecule has 0 aromatic heterocycles. The molecule has 0 amide bonds. The highest BCUT2D eigenvalue weighted by Gasteiger charge is 2.27. The minimum absolute atomic E-state index is 0.234. The molecule has 2 unspecified atom stereocenters. The zero-order valence-corrected chi connectivity index (χ0v) is 7.46. The second-order valence-electron chi connectivity index (χ2n) is 3.16. The summed E-state index contributed by atoms with van der Waals surface area (Å²) >= 11 is 0. The van der Waals surface area contributed by atoms with Crippen molar-refractivity contribution in [3.63, 3.8) is 0 Å². The van der Waals surface area contributed by atoms with E-state index in [1.54, 1.807) is 7.11 Å². The van der Waals surface area contributed by atoms with Gasteiger partial charge < -0.3 is 14.8 Å². The first kappa shape index (κ1) is 8.97. The molecule has 11 heavy (non-hydrogen) atoms. The normalized spacial score (nSPS) is 31.6. The Balaban J connectivity index is 2.31. The first-order chi connectivity index (χ1) is 5.24. The van der Waals surface area contributed by atoms with Crippen molar-refractivity contribution in [2.75, 3.05) is 20.2 Å². The van der Waals surface area contributed by atoms with Gasteiger partial charge in [-0.15, -0.1) is 0 Å². The zero-order valence-electron chi connectivity index (χ0n) is 7.46. The number of nitrogens with one attached hydrogen (secondary N) is 1. The van der Waals surface area contributed by atoms with Crippen molar-refractivity contribution < 1.29 is 9.47 Å². The van der Waals surface area contributed by atoms with Gasteiger partial charge in [0.1, 0.15) is 0 Å². The van der Waals surface area contributed by atoms with E-state index in [2.05, 4.69) is 5.32 Å². The van der Waals surface area contributed by atoms with Crippen LogP contribution in [0.1, 0.15) is 13.8 Å². The molecule has 1 aliphatic heterocycles. The van der Waals surface area contributed by atoms with E-state index < -0.39 is 0 Å². The van der Waals surface area contributed by atoms with Crippen molar-refractivity contribution in [3.8, 4) is 0 Å². The van der Waals surface area contributed by atoms with Gasteiger partial charge >= 0.3 is 0 Å². The Morgan fingerprint density at radius 2 is 1.91 bits per heavy atom. The van der Waals surface area contributed by atoms with Gasteiger partial charge in [-0.2, -0.15) is 0 Å². The maximum absolute atomic E-state index is 5.63. The van der Waals surface area contributed by atoms with Crippen LogP contribution in [0.5, 0.6) is 0 Å². The standard InChI is InChI=1S/C8H17NO2/c1-6(2)11-8-5-9-4-7(8)10-3/h6-9H,4-5H2,1-3H3. The molecule has 1 fully saturated rings. The predicted octanol–water partition coefficient (Wildman–Crippen LogP) is 0.398. The highest BCUT2D eigenvalue weighted by Crippen LogP contribution is 2.09. The lowest BCUT2D eigenvalue weighted by atomic mass is 10.2. The minimum atomic E-state index is 0.234. The Hall–Kier alpha value is -0.120. The Labute approximate surface area is 68.1 Å². The quantitative estimate of drug-likeness (QED) is 0.646. The zero-order chi connectivity index (χ0) is 8.27. The van der Waals surface area contributed by atoms with Crippen molar-refractivity contribution in [2.24, 2.45) is 0 Å². The predicted molar refractivity (Wildman–Crippen MR) is 43.7 cm³/mol. The molecular weight excluding hydrogens is 142 g/mol. The summed E-state index contributed by atoms with van der Waals surface area (Å²) in [7, 11) is 1.73. The maximum atomic E-state index is 5.63. The van der Waals surface area contributed by atoms with Crippen molar-refractivity contribution in [1.82, 2.24) is 5.32 Å². The van der Waals surface area contributed by atoms with Gasteiger partial charge in [-0.25, -0.2) is 0 Å². The van der Waals surface area contributed by atoms with E-state index in [1.807, 2.05) is 13.8 Å². The first-order valence-corrected chi connectivity index (χ1v) is 4.13. The average Bonchev–Trinajstić information content (AvgIpc) is 2.34. The molecule has 1 N–H and O–H groups in total. The van der Waals surface area contributed by atoms with Crippen LogP contribution in [0.25, 0.3) is 0 Å². The lowest BCUT2D eigenvalue weighted by Gasteiger charge is -2.19. The number of methoxy groups -OCH3 is 1. The van der Waals surface area contributed by atoms with E-state index in [0.29, 0.717) is 0 Å². The van der Waals surface area contributed by atoms with Gasteiger partial charge in [0.05, 0.1) is 18.3 Å². The number of ether oxygens (including phenoxy) is 2. The molecule has 1 heterocycles. The van der Waals surface area contributed by atoms with Crippen molar-refractivity contribution in [1.29, 1.82) is 0 Å². The summed E-state index contributed by atoms with van der Waals surface area (Å²) in [5.74, 6) is 0. The van der Waals surface area contributed by atoms with Crippen molar-refractivity contribution >= 4 is 0 Å². The molecule has 0 aromatic rings. The molecule has 0 radical (unpaired) electrons. The molecular formula is C8H17NO2. The van der Waals surface area contributed by atoms with E-state index in [9.17, 15) is 0 Å². The van der Waals surface area contributed by atoms with Gasteiger partial charge in [0.2, 0.25) is 0 Å². The number of hydrogen-bond acceptors (Lipinski definition) is 3. The fraction of sp³-hybridized carbons (Fsp3) is 1.00. The van der Waals surface area contributed by atoms with Crippen LogP contribution in [0.3, 0.4) is 0 Å². The second-order valence-corrected chi connectivity index (χ2v) is 3.16. The van der Waals surface area contributed by atoms with Crippen molar-refractivity contribution in [3.05, 3.63) is 0 Å². The van der Waals surface area contributed by atoms with Crippen LogP contribution in [-0.4, -0.2) is 38.5 Å². The molecule has 3 nitrogen and oxygen atoms in total. The van der Waals surface area contributed by atoms with Crippen LogP contribution in [0, 0.1) is 0 Å². The summed E-state index contributed by atoms with van der Waals surface area (Å²) in [4.78, 5) is 0. The van der Waals surface area contributed by atoms with Gasteiger partial charge in [0.15, 0.2) is 0 Å². The minimum Gasteiger partial charge on any atom is -0.377 e. The Morgan fingerprint density at radius 3 is 2.45 bits per heavy atom. The van der Waals surface area contributed by atoms with Crippen molar-refractivity contribution in [2.45, 2.75) is 32.2 Å². The third-order valence-electron chi connectivity index (χ3n) is 1.86. The second kappa shape index (κ2) is 4.04. The molecule has 3 heteroatoms. The Bertz CT molecular complexity index is 117. The van der Waals surface area contributed by atoms with Gasteiger partial charge in [0.25, 0.3) is 0 Å². The van der Waals surface area contributed by atoms with Gasteiger partial charge in [0, 0.05) is 20.2 Å². The van der Waals surface area contributed by atoms with E-state index in [4.69, 9.17) is 9.47 Å². The van der Waals surface area contributed by atoms with Crippen LogP contribution >= 0.6 is 0 Å². The molecule has 1 aliphatic rings. The van der Waals surface area contributed by atoms with Crippen LogP contribution < -0.4 is 5.32 Å². The smallest absolute Gasteiger partial charge is 0.0976 e. The molecule has 1 rings (SSSR count). The Morgan fingerprint density at radius 1 is 1.27 bits per heavy atom. The van der Waals surface area contributed by atoms with Crippen LogP contribution in [-0.2, 0) is 9.47 Å². The lowest BCUT2D eigenvalue weighted by molar-refractivity contribution is -0.0538. The van der Waals surface area contributed by atoms with Gasteiger partial charge in [-0.05, 0) is 13.8 Å². The SMILES string of the molecule is COC1CNCC1OC(C)C. The van der Waals surface area contributed by atoms with E-state index >= 15 is 0 Å². The highest BCUT2D eigenvalue weighted by molar-refractivity contribution is 4.82. The molecule has 0 spiro atoms. The third-order valence-corrected chi connectivity index (χ3v) is 1.86. The van der Waals surface area contributed by atoms with Gasteiger partial charge in [-0.1, -0.05) is 0 Å². The van der Waals surface area contributed by atoms with E-state index in [1.165, 1.54) is 0 Å². The fourth-order valence-electron chi connectivity index (χ4n) is 1.35. The average molecular weight is 159 g/mol. The van der Waals surface area contributed by atoms with Crippen LogP contribution in [0.15, 0.2) is 0 Å². The summed E-state index contributed by atoms with van der Waals surface area (Å²) in [5.41, 5.74) is 0. The first-order valence-electron chi connectivity index (χ1n) is 4.13. The summed E-state index contributed by atoms with van der Waals surface area (Å²) in [6.45, 7) is 5.92. The van der Waals surface area contributed by atoms with Gasteiger partial charge in [-0.3, -0.25) is 0 Å². The molecule has 0 saturated carbocycles.